The molecule has 1 aromatic rings. The molecule has 19 heavy (non-hydrogen) atoms. The van der Waals surface area contributed by atoms with E-state index in [4.69, 9.17) is 10.9 Å². The maximum Gasteiger partial charge on any atom is 0.170 e. The van der Waals surface area contributed by atoms with Crippen LogP contribution < -0.4 is 10.6 Å². The lowest BCUT2D eigenvalue weighted by molar-refractivity contribution is 0.318. The van der Waals surface area contributed by atoms with Gasteiger partial charge in [0.05, 0.1) is 0 Å². The van der Waals surface area contributed by atoms with Crippen LogP contribution in [0, 0.1) is 5.92 Å². The number of amidine groups is 1. The summed E-state index contributed by atoms with van der Waals surface area (Å²) in [5.74, 6) is 1.75. The Kier molecular flexibility index (Phi) is 4.60. The van der Waals surface area contributed by atoms with Gasteiger partial charge >= 0.3 is 0 Å². The molecule has 0 amide bonds. The Hall–Kier alpha value is -1.78. The first kappa shape index (κ1) is 13.6. The molecule has 0 radical (unpaired) electrons. The first-order valence-corrected chi connectivity index (χ1v) is 6.86. The largest absolute Gasteiger partial charge is 0.409 e. The van der Waals surface area contributed by atoms with Gasteiger partial charge in [-0.2, -0.15) is 0 Å². The molecule has 0 aromatic carbocycles. The Bertz CT molecular complexity index is 441. The normalized spacial score (nSPS) is 17.4. The summed E-state index contributed by atoms with van der Waals surface area (Å²) >= 11 is 0. The first-order valence-electron chi connectivity index (χ1n) is 6.86. The van der Waals surface area contributed by atoms with Crippen molar-refractivity contribution in [2.24, 2.45) is 16.8 Å². The number of hydrogen-bond donors (Lipinski definition) is 2. The van der Waals surface area contributed by atoms with Gasteiger partial charge in [-0.05, 0) is 30.9 Å². The smallest absolute Gasteiger partial charge is 0.170 e. The average Bonchev–Trinajstić information content (AvgIpc) is 2.47. The molecule has 3 N–H and O–H groups in total. The minimum atomic E-state index is 0.120. The van der Waals surface area contributed by atoms with E-state index in [0.717, 1.165) is 18.3 Å². The number of aromatic nitrogens is 1. The van der Waals surface area contributed by atoms with Gasteiger partial charge in [-0.1, -0.05) is 24.4 Å². The van der Waals surface area contributed by atoms with Crippen molar-refractivity contribution in [3.8, 4) is 0 Å². The van der Waals surface area contributed by atoms with Crippen molar-refractivity contribution >= 4 is 11.7 Å². The Morgan fingerprint density at radius 1 is 1.47 bits per heavy atom. The molecule has 1 fully saturated rings. The molecule has 0 atom stereocenters. The van der Waals surface area contributed by atoms with Gasteiger partial charge < -0.3 is 15.8 Å². The summed E-state index contributed by atoms with van der Waals surface area (Å²) in [4.78, 5) is 6.51. The molecule has 2 rings (SSSR count). The Morgan fingerprint density at radius 2 is 2.21 bits per heavy atom. The number of nitrogens with zero attached hydrogens (tertiary/aromatic N) is 3. The van der Waals surface area contributed by atoms with Gasteiger partial charge in [0.15, 0.2) is 5.84 Å². The number of rotatable bonds is 4. The van der Waals surface area contributed by atoms with E-state index in [2.05, 4.69) is 15.0 Å². The Labute approximate surface area is 114 Å². The number of anilines is 1. The fourth-order valence-electron chi connectivity index (χ4n) is 2.69. The summed E-state index contributed by atoms with van der Waals surface area (Å²) < 4.78 is 0. The van der Waals surface area contributed by atoms with Crippen LogP contribution in [0.3, 0.4) is 0 Å². The number of pyridine rings is 1. The molecule has 1 aliphatic rings. The van der Waals surface area contributed by atoms with Crippen LogP contribution in [0.1, 0.15) is 37.7 Å². The van der Waals surface area contributed by atoms with E-state index >= 15 is 0 Å². The second-order valence-corrected chi connectivity index (χ2v) is 5.27. The van der Waals surface area contributed by atoms with Crippen LogP contribution in [-0.2, 0) is 0 Å². The van der Waals surface area contributed by atoms with Gasteiger partial charge in [0, 0.05) is 25.4 Å². The van der Waals surface area contributed by atoms with Crippen molar-refractivity contribution in [1.82, 2.24) is 4.98 Å². The highest BCUT2D eigenvalue weighted by Gasteiger charge is 2.16. The van der Waals surface area contributed by atoms with Crippen LogP contribution in [-0.4, -0.2) is 29.6 Å². The summed E-state index contributed by atoms with van der Waals surface area (Å²) in [6.07, 6.45) is 8.37. The molecule has 1 heterocycles. The monoisotopic (exact) mass is 262 g/mol. The predicted octanol–water partition coefficient (Wildman–Crippen LogP) is 2.19. The van der Waals surface area contributed by atoms with Crippen molar-refractivity contribution in [3.63, 3.8) is 0 Å². The van der Waals surface area contributed by atoms with Crippen molar-refractivity contribution in [2.45, 2.75) is 32.1 Å². The van der Waals surface area contributed by atoms with Crippen molar-refractivity contribution in [1.29, 1.82) is 0 Å². The van der Waals surface area contributed by atoms with Crippen molar-refractivity contribution in [2.75, 3.05) is 18.5 Å². The summed E-state index contributed by atoms with van der Waals surface area (Å²) in [6, 6.07) is 3.60. The van der Waals surface area contributed by atoms with Gasteiger partial charge in [-0.15, -0.1) is 0 Å². The van der Waals surface area contributed by atoms with Crippen LogP contribution in [0.2, 0.25) is 0 Å². The molecule has 1 aliphatic carbocycles. The van der Waals surface area contributed by atoms with Crippen molar-refractivity contribution < 1.29 is 5.21 Å². The lowest BCUT2D eigenvalue weighted by Gasteiger charge is -2.27. The van der Waals surface area contributed by atoms with Gasteiger partial charge in [-0.3, -0.25) is 0 Å². The number of oxime groups is 1. The fourth-order valence-corrected chi connectivity index (χ4v) is 2.69. The minimum absolute atomic E-state index is 0.120. The van der Waals surface area contributed by atoms with Crippen LogP contribution in [0.25, 0.3) is 0 Å². The predicted molar refractivity (Wildman–Crippen MR) is 76.6 cm³/mol. The second-order valence-electron chi connectivity index (χ2n) is 5.27. The van der Waals surface area contributed by atoms with E-state index in [1.165, 1.54) is 32.1 Å². The van der Waals surface area contributed by atoms with E-state index < -0.39 is 0 Å². The molecule has 104 valence electrons. The molecule has 5 heteroatoms. The molecule has 1 saturated carbocycles. The summed E-state index contributed by atoms with van der Waals surface area (Å²) in [6.45, 7) is 1.02. The lowest BCUT2D eigenvalue weighted by Crippen LogP contribution is -2.27. The minimum Gasteiger partial charge on any atom is -0.409 e. The average molecular weight is 262 g/mol. The highest BCUT2D eigenvalue weighted by Crippen LogP contribution is 2.25. The Balaban J connectivity index is 2.03. The topological polar surface area (TPSA) is 74.7 Å². The molecular formula is C14H22N4O. The van der Waals surface area contributed by atoms with Gasteiger partial charge in [0.2, 0.25) is 0 Å². The summed E-state index contributed by atoms with van der Waals surface area (Å²) in [5, 5.41) is 11.7. The van der Waals surface area contributed by atoms with Crippen LogP contribution >= 0.6 is 0 Å². The molecule has 5 nitrogen and oxygen atoms in total. The maximum absolute atomic E-state index is 8.71. The molecule has 0 aliphatic heterocycles. The Morgan fingerprint density at radius 3 is 2.89 bits per heavy atom. The molecule has 0 unspecified atom stereocenters. The fraction of sp³-hybridized carbons (Fsp3) is 0.571. The maximum atomic E-state index is 8.71. The lowest BCUT2D eigenvalue weighted by atomic mass is 9.89. The zero-order chi connectivity index (χ0) is 13.7. The highest BCUT2D eigenvalue weighted by molar-refractivity contribution is 5.97. The number of hydrogen-bond acceptors (Lipinski definition) is 4. The summed E-state index contributed by atoms with van der Waals surface area (Å²) in [5.41, 5.74) is 6.30. The second kappa shape index (κ2) is 6.41. The molecule has 0 bridgehead atoms. The SMILES string of the molecule is CN(CC1CCCCC1)c1cc(C(N)=NO)ccn1. The standard InChI is InChI=1S/C14H22N4O/c1-18(10-11-5-3-2-4-6-11)13-9-12(7-8-16-13)14(15)17-19/h7-9,11,19H,2-6,10H2,1H3,(H2,15,17). The van der Waals surface area contributed by atoms with Crippen LogP contribution in [0.5, 0.6) is 0 Å². The van der Waals surface area contributed by atoms with Crippen molar-refractivity contribution in [3.05, 3.63) is 23.9 Å². The van der Waals surface area contributed by atoms with E-state index in [1.807, 2.05) is 13.1 Å². The molecular weight excluding hydrogens is 240 g/mol. The third-order valence-electron chi connectivity index (χ3n) is 3.80. The highest BCUT2D eigenvalue weighted by atomic mass is 16.4. The van der Waals surface area contributed by atoms with Gasteiger partial charge in [0.1, 0.15) is 5.82 Å². The quantitative estimate of drug-likeness (QED) is 0.377. The van der Waals surface area contributed by atoms with Crippen LogP contribution in [0.15, 0.2) is 23.5 Å². The van der Waals surface area contributed by atoms with E-state index in [9.17, 15) is 0 Å². The summed E-state index contributed by atoms with van der Waals surface area (Å²) in [7, 11) is 2.05. The van der Waals surface area contributed by atoms with Gasteiger partial charge in [-0.25, -0.2) is 4.98 Å². The van der Waals surface area contributed by atoms with Gasteiger partial charge in [0.25, 0.3) is 0 Å². The third kappa shape index (κ3) is 3.59. The van der Waals surface area contributed by atoms with E-state index in [0.29, 0.717) is 5.56 Å². The molecule has 1 aromatic heterocycles. The third-order valence-corrected chi connectivity index (χ3v) is 3.80. The van der Waals surface area contributed by atoms with E-state index in [1.54, 1.807) is 12.3 Å². The van der Waals surface area contributed by atoms with Crippen LogP contribution in [0.4, 0.5) is 5.82 Å². The number of nitrogens with two attached hydrogens (primary N) is 1. The molecule has 0 saturated heterocycles. The zero-order valence-corrected chi connectivity index (χ0v) is 11.4. The molecule has 0 spiro atoms. The van der Waals surface area contributed by atoms with E-state index in [-0.39, 0.29) is 5.84 Å². The zero-order valence-electron chi connectivity index (χ0n) is 11.4. The first-order chi connectivity index (χ1) is 9.20.